The Morgan fingerprint density at radius 2 is 1.76 bits per heavy atom. The number of nitrogens with zero attached hydrogens (tertiary/aromatic N) is 2. The van der Waals surface area contributed by atoms with Crippen LogP contribution in [-0.4, -0.2) is 31.4 Å². The third-order valence-electron chi connectivity index (χ3n) is 3.59. The van der Waals surface area contributed by atoms with Gasteiger partial charge in [0.05, 0.1) is 22.1 Å². The van der Waals surface area contributed by atoms with Gasteiger partial charge in [-0.15, -0.1) is 4.33 Å². The van der Waals surface area contributed by atoms with Crippen LogP contribution in [0.15, 0.2) is 36.4 Å². The Bertz CT molecular complexity index is 943. The van der Waals surface area contributed by atoms with E-state index in [9.17, 15) is 0 Å². The van der Waals surface area contributed by atoms with E-state index in [0.717, 1.165) is 51.3 Å². The quantitative estimate of drug-likeness (QED) is 0.285. The first-order valence-electron chi connectivity index (χ1n) is 7.54. The van der Waals surface area contributed by atoms with Crippen LogP contribution >= 0.6 is 12.0 Å². The number of aromatic amines is 2. The molecule has 0 bridgehead atoms. The molecule has 8 heteroatoms. The van der Waals surface area contributed by atoms with Crippen LogP contribution in [0, 0.1) is 13.8 Å². The van der Waals surface area contributed by atoms with E-state index in [4.69, 9.17) is 5.26 Å². The Labute approximate surface area is 148 Å². The van der Waals surface area contributed by atoms with Crippen molar-refractivity contribution in [1.29, 1.82) is 0 Å². The predicted octanol–water partition coefficient (Wildman–Crippen LogP) is 4.41. The van der Waals surface area contributed by atoms with Crippen LogP contribution in [0.1, 0.15) is 11.4 Å². The topological polar surface area (TPSA) is 96.0 Å². The molecule has 0 saturated heterocycles. The maximum Gasteiger partial charge on any atom is 0.138 e. The highest BCUT2D eigenvalue weighted by Gasteiger charge is 2.08. The van der Waals surface area contributed by atoms with Crippen molar-refractivity contribution in [3.05, 3.63) is 47.8 Å². The molecular formula is C17H18N4O3S. The second-order valence-corrected chi connectivity index (χ2v) is 5.94. The molecule has 0 aliphatic heterocycles. The molecule has 0 spiro atoms. The highest BCUT2D eigenvalue weighted by molar-refractivity contribution is 7.93. The van der Waals surface area contributed by atoms with Crippen LogP contribution in [0.25, 0.3) is 33.5 Å². The van der Waals surface area contributed by atoms with Crippen molar-refractivity contribution in [2.24, 2.45) is 0 Å². The number of aryl methyl sites for hydroxylation is 2. The second kappa shape index (κ2) is 7.66. The first-order chi connectivity index (χ1) is 12.1. The summed E-state index contributed by atoms with van der Waals surface area (Å²) in [6.45, 7) is 4.04. The van der Waals surface area contributed by atoms with Gasteiger partial charge in [0.2, 0.25) is 0 Å². The molecule has 0 aliphatic carbocycles. The first-order valence-corrected chi connectivity index (χ1v) is 8.69. The summed E-state index contributed by atoms with van der Waals surface area (Å²) in [5.41, 5.74) is 6.30. The number of nitrogens with one attached hydrogen (secondary N) is 2. The molecule has 0 radical (unpaired) electrons. The zero-order valence-electron chi connectivity index (χ0n) is 14.0. The van der Waals surface area contributed by atoms with Crippen LogP contribution in [0.5, 0.6) is 0 Å². The van der Waals surface area contributed by atoms with Gasteiger partial charge in [-0.05, 0) is 32.0 Å². The van der Waals surface area contributed by atoms with Crippen molar-refractivity contribution in [1.82, 2.24) is 19.9 Å². The van der Waals surface area contributed by atoms with Gasteiger partial charge in [0.25, 0.3) is 0 Å². The molecule has 130 valence electrons. The summed E-state index contributed by atoms with van der Waals surface area (Å²) in [5, 5.41) is 10.5. The van der Waals surface area contributed by atoms with Gasteiger partial charge in [-0.1, -0.05) is 28.8 Å². The van der Waals surface area contributed by atoms with Gasteiger partial charge >= 0.3 is 0 Å². The van der Waals surface area contributed by atoms with Crippen molar-refractivity contribution in [2.75, 3.05) is 6.26 Å². The van der Waals surface area contributed by atoms with Crippen molar-refractivity contribution in [3.63, 3.8) is 0 Å². The maximum absolute atomic E-state index is 7.32. The summed E-state index contributed by atoms with van der Waals surface area (Å²) in [5.74, 6) is 1.82. The predicted molar refractivity (Wildman–Crippen MR) is 99.0 cm³/mol. The summed E-state index contributed by atoms with van der Waals surface area (Å²) in [6.07, 6.45) is 1.62. The fourth-order valence-electron chi connectivity index (χ4n) is 2.60. The fourth-order valence-corrected chi connectivity index (χ4v) is 2.66. The third kappa shape index (κ3) is 3.99. The van der Waals surface area contributed by atoms with Crippen molar-refractivity contribution in [2.45, 2.75) is 13.8 Å². The Hall–Kier alpha value is -2.39. The minimum atomic E-state index is 0.896. The molecule has 25 heavy (non-hydrogen) atoms. The summed E-state index contributed by atoms with van der Waals surface area (Å²) in [7, 11) is 0. The lowest BCUT2D eigenvalue weighted by Crippen LogP contribution is -1.80. The van der Waals surface area contributed by atoms with Gasteiger partial charge in [0.1, 0.15) is 11.6 Å². The van der Waals surface area contributed by atoms with Gasteiger partial charge < -0.3 is 9.97 Å². The molecule has 4 rings (SSSR count). The molecule has 4 aromatic rings. The smallest absolute Gasteiger partial charge is 0.138 e. The van der Waals surface area contributed by atoms with Gasteiger partial charge in [-0.3, -0.25) is 0 Å². The normalized spacial score (nSPS) is 10.9. The van der Waals surface area contributed by atoms with E-state index in [1.165, 1.54) is 5.56 Å². The lowest BCUT2D eigenvalue weighted by molar-refractivity contribution is -0.432. The lowest BCUT2D eigenvalue weighted by atomic mass is 10.1. The number of hydrogen-bond acceptors (Lipinski definition) is 6. The van der Waals surface area contributed by atoms with Gasteiger partial charge in [0.15, 0.2) is 0 Å². The van der Waals surface area contributed by atoms with Crippen LogP contribution in [-0.2, 0) is 9.37 Å². The zero-order valence-corrected chi connectivity index (χ0v) is 14.8. The van der Waals surface area contributed by atoms with E-state index < -0.39 is 0 Å². The monoisotopic (exact) mass is 358 g/mol. The Morgan fingerprint density at radius 1 is 1.00 bits per heavy atom. The Balaban J connectivity index is 0.000000324. The molecule has 0 unspecified atom stereocenters. The molecule has 0 saturated carbocycles. The summed E-state index contributed by atoms with van der Waals surface area (Å²) in [4.78, 5) is 15.8. The van der Waals surface area contributed by atoms with Crippen LogP contribution in [0.4, 0.5) is 0 Å². The third-order valence-corrected chi connectivity index (χ3v) is 3.79. The number of rotatable bonds is 3. The highest BCUT2D eigenvalue weighted by atomic mass is 32.2. The van der Waals surface area contributed by atoms with Gasteiger partial charge in [0, 0.05) is 23.9 Å². The van der Waals surface area contributed by atoms with Crippen LogP contribution in [0.3, 0.4) is 0 Å². The molecule has 0 fully saturated rings. The number of H-pyrrole nitrogens is 2. The number of benzene rings is 2. The number of fused-ring (bicyclic) bond motifs is 2. The molecule has 3 N–H and O–H groups in total. The lowest BCUT2D eigenvalue weighted by Gasteiger charge is -1.97. The first kappa shape index (κ1) is 17.4. The standard InChI is InChI=1S/C16H14N4.CH4O3S/c1-9-4-3-5-11(6-9)16-19-14-7-12-13(8-15(14)20-16)18-10(2)17-12;1-5-4-3-2/h3-8H,1-2H3,(H,17,18)(H,19,20);2H,1H3. The van der Waals surface area contributed by atoms with E-state index in [2.05, 4.69) is 60.5 Å². The van der Waals surface area contributed by atoms with Crippen molar-refractivity contribution < 1.29 is 14.6 Å². The zero-order chi connectivity index (χ0) is 17.8. The largest absolute Gasteiger partial charge is 0.342 e. The SMILES string of the molecule is CSOOO.Cc1cccc(-c2nc3cc4nc(C)[nH]c4cc3[nH]2)c1. The molecule has 2 heterocycles. The molecule has 0 aliphatic rings. The van der Waals surface area contributed by atoms with Gasteiger partial charge in [-0.2, -0.15) is 0 Å². The Kier molecular flexibility index (Phi) is 5.34. The molecule has 2 aromatic carbocycles. The summed E-state index contributed by atoms with van der Waals surface area (Å²) < 4.78 is 3.81. The van der Waals surface area contributed by atoms with Crippen molar-refractivity contribution >= 4 is 34.1 Å². The minimum absolute atomic E-state index is 0.896. The average Bonchev–Trinajstić information content (AvgIpc) is 3.15. The number of aromatic nitrogens is 4. The molecular weight excluding hydrogens is 340 g/mol. The van der Waals surface area contributed by atoms with Crippen LogP contribution < -0.4 is 0 Å². The van der Waals surface area contributed by atoms with E-state index >= 15 is 0 Å². The van der Waals surface area contributed by atoms with E-state index in [1.807, 2.05) is 19.1 Å². The van der Waals surface area contributed by atoms with E-state index in [1.54, 1.807) is 6.26 Å². The molecule has 0 atom stereocenters. The van der Waals surface area contributed by atoms with Crippen molar-refractivity contribution in [3.8, 4) is 11.4 Å². The Morgan fingerprint density at radius 3 is 2.44 bits per heavy atom. The van der Waals surface area contributed by atoms with E-state index in [-0.39, 0.29) is 0 Å². The molecule has 2 aromatic heterocycles. The summed E-state index contributed by atoms with van der Waals surface area (Å²) in [6, 6.07) is 12.4. The highest BCUT2D eigenvalue weighted by Crippen LogP contribution is 2.24. The second-order valence-electron chi connectivity index (χ2n) is 5.47. The number of hydrogen-bond donors (Lipinski definition) is 3. The average molecular weight is 358 g/mol. The molecule has 0 amide bonds. The summed E-state index contributed by atoms with van der Waals surface area (Å²) >= 11 is 0.929. The maximum atomic E-state index is 7.32. The minimum Gasteiger partial charge on any atom is -0.342 e. The van der Waals surface area contributed by atoms with Crippen LogP contribution in [0.2, 0.25) is 0 Å². The van der Waals surface area contributed by atoms with E-state index in [0.29, 0.717) is 0 Å². The molecule has 7 nitrogen and oxygen atoms in total. The number of imidazole rings is 2. The fraction of sp³-hybridized carbons (Fsp3) is 0.176. The van der Waals surface area contributed by atoms with Gasteiger partial charge in [-0.25, -0.2) is 15.2 Å².